The highest BCUT2D eigenvalue weighted by Crippen LogP contribution is 2.19. The number of pyridine rings is 1. The molecule has 0 aliphatic carbocycles. The molecular weight excluding hydrogens is 250 g/mol. The minimum absolute atomic E-state index is 0.776. The van der Waals surface area contributed by atoms with E-state index in [1.807, 2.05) is 38.4 Å². The minimum atomic E-state index is 0.776. The second-order valence-corrected chi connectivity index (χ2v) is 4.66. The normalized spacial score (nSPS) is 10.3. The molecule has 2 rings (SSSR count). The molecule has 0 fully saturated rings. The number of nitrogens with zero attached hydrogens (tertiary/aromatic N) is 3. The molecule has 0 saturated heterocycles. The Kier molecular flexibility index (Phi) is 4.87. The van der Waals surface area contributed by atoms with Gasteiger partial charge in [-0.15, -0.1) is 0 Å². The molecule has 0 amide bonds. The molecule has 0 spiro atoms. The van der Waals surface area contributed by atoms with Crippen molar-refractivity contribution in [1.29, 1.82) is 0 Å². The van der Waals surface area contributed by atoms with Gasteiger partial charge in [0, 0.05) is 31.0 Å². The first-order chi connectivity index (χ1) is 9.70. The smallest absolute Gasteiger partial charge is 0.134 e. The highest BCUT2D eigenvalue weighted by molar-refractivity contribution is 5.57. The molecule has 0 radical (unpaired) electrons. The third-order valence-corrected chi connectivity index (χ3v) is 3.06. The van der Waals surface area contributed by atoms with E-state index in [0.717, 1.165) is 42.5 Å². The van der Waals surface area contributed by atoms with E-state index >= 15 is 0 Å². The van der Waals surface area contributed by atoms with Crippen LogP contribution in [0.3, 0.4) is 0 Å². The van der Waals surface area contributed by atoms with E-state index in [1.165, 1.54) is 5.56 Å². The zero-order valence-electron chi connectivity index (χ0n) is 12.3. The van der Waals surface area contributed by atoms with E-state index in [-0.39, 0.29) is 0 Å². The molecule has 2 aromatic heterocycles. The molecule has 0 aliphatic rings. The summed E-state index contributed by atoms with van der Waals surface area (Å²) in [6.45, 7) is 7.70. The lowest BCUT2D eigenvalue weighted by Gasteiger charge is -2.13. The standard InChI is InChI=1S/C15H21N5/c1-4-17-14-11(2)15(20-12(3)19-14)18-10-7-13-5-8-16-9-6-13/h5-6,8-9H,4,7,10H2,1-3H3,(H2,17,18,19,20). The van der Waals surface area contributed by atoms with Crippen LogP contribution in [0.5, 0.6) is 0 Å². The number of aromatic nitrogens is 3. The second-order valence-electron chi connectivity index (χ2n) is 4.66. The Morgan fingerprint density at radius 1 is 1.00 bits per heavy atom. The van der Waals surface area contributed by atoms with Gasteiger partial charge >= 0.3 is 0 Å². The van der Waals surface area contributed by atoms with Gasteiger partial charge in [-0.25, -0.2) is 9.97 Å². The maximum atomic E-state index is 4.47. The van der Waals surface area contributed by atoms with Crippen LogP contribution in [0.1, 0.15) is 23.9 Å². The molecule has 0 aliphatic heterocycles. The van der Waals surface area contributed by atoms with Crippen molar-refractivity contribution in [3.63, 3.8) is 0 Å². The van der Waals surface area contributed by atoms with Crippen molar-refractivity contribution >= 4 is 11.6 Å². The molecule has 20 heavy (non-hydrogen) atoms. The van der Waals surface area contributed by atoms with Gasteiger partial charge in [0.05, 0.1) is 0 Å². The summed E-state index contributed by atoms with van der Waals surface area (Å²) in [6, 6.07) is 4.06. The Bertz CT molecular complexity index is 554. The molecule has 0 atom stereocenters. The first kappa shape index (κ1) is 14.2. The summed E-state index contributed by atoms with van der Waals surface area (Å²) in [5, 5.41) is 6.66. The highest BCUT2D eigenvalue weighted by Gasteiger charge is 2.07. The van der Waals surface area contributed by atoms with Crippen LogP contribution in [0, 0.1) is 13.8 Å². The molecule has 2 aromatic rings. The molecular formula is C15H21N5. The summed E-state index contributed by atoms with van der Waals surface area (Å²) in [7, 11) is 0. The van der Waals surface area contributed by atoms with E-state index < -0.39 is 0 Å². The maximum absolute atomic E-state index is 4.47. The summed E-state index contributed by atoms with van der Waals surface area (Å²) in [5.41, 5.74) is 2.33. The average Bonchev–Trinajstić information content (AvgIpc) is 2.45. The Hall–Kier alpha value is -2.17. The predicted octanol–water partition coefficient (Wildman–Crippen LogP) is 2.57. The van der Waals surface area contributed by atoms with Crippen LogP contribution in [-0.4, -0.2) is 28.0 Å². The van der Waals surface area contributed by atoms with Gasteiger partial charge in [0.15, 0.2) is 0 Å². The van der Waals surface area contributed by atoms with E-state index in [0.29, 0.717) is 0 Å². The van der Waals surface area contributed by atoms with Crippen LogP contribution in [0.4, 0.5) is 11.6 Å². The van der Waals surface area contributed by atoms with Crippen molar-refractivity contribution in [2.75, 3.05) is 23.7 Å². The SMILES string of the molecule is CCNc1nc(C)nc(NCCc2ccncc2)c1C. The molecule has 0 bridgehead atoms. The van der Waals surface area contributed by atoms with Gasteiger partial charge in [-0.2, -0.15) is 0 Å². The molecule has 106 valence electrons. The van der Waals surface area contributed by atoms with Crippen molar-refractivity contribution < 1.29 is 0 Å². The van der Waals surface area contributed by atoms with Crippen LogP contribution < -0.4 is 10.6 Å². The number of aryl methyl sites for hydroxylation is 1. The minimum Gasteiger partial charge on any atom is -0.370 e. The Balaban J connectivity index is 2.02. The number of nitrogens with one attached hydrogen (secondary N) is 2. The van der Waals surface area contributed by atoms with Gasteiger partial charge in [0.2, 0.25) is 0 Å². The summed E-state index contributed by atoms with van der Waals surface area (Å²) >= 11 is 0. The lowest BCUT2D eigenvalue weighted by molar-refractivity contribution is 0.963. The van der Waals surface area contributed by atoms with Crippen molar-refractivity contribution in [3.05, 3.63) is 41.5 Å². The Labute approximate surface area is 119 Å². The first-order valence-electron chi connectivity index (χ1n) is 6.92. The van der Waals surface area contributed by atoms with Crippen molar-refractivity contribution in [3.8, 4) is 0 Å². The van der Waals surface area contributed by atoms with Gasteiger partial charge < -0.3 is 10.6 Å². The molecule has 0 aromatic carbocycles. The Morgan fingerprint density at radius 3 is 2.30 bits per heavy atom. The number of hydrogen-bond acceptors (Lipinski definition) is 5. The van der Waals surface area contributed by atoms with Gasteiger partial charge in [0.25, 0.3) is 0 Å². The fourth-order valence-corrected chi connectivity index (χ4v) is 2.01. The first-order valence-corrected chi connectivity index (χ1v) is 6.92. The summed E-state index contributed by atoms with van der Waals surface area (Å²) in [4.78, 5) is 12.9. The molecule has 5 nitrogen and oxygen atoms in total. The summed E-state index contributed by atoms with van der Waals surface area (Å²) in [5.74, 6) is 2.59. The maximum Gasteiger partial charge on any atom is 0.134 e. The van der Waals surface area contributed by atoms with Crippen LogP contribution in [0.15, 0.2) is 24.5 Å². The molecule has 2 N–H and O–H groups in total. The lowest BCUT2D eigenvalue weighted by Crippen LogP contribution is -2.12. The average molecular weight is 271 g/mol. The zero-order valence-corrected chi connectivity index (χ0v) is 12.3. The fourth-order valence-electron chi connectivity index (χ4n) is 2.01. The summed E-state index contributed by atoms with van der Waals surface area (Å²) in [6.07, 6.45) is 4.58. The second kappa shape index (κ2) is 6.84. The van der Waals surface area contributed by atoms with E-state index in [9.17, 15) is 0 Å². The number of rotatable bonds is 6. The van der Waals surface area contributed by atoms with Crippen LogP contribution >= 0.6 is 0 Å². The molecule has 2 heterocycles. The zero-order chi connectivity index (χ0) is 14.4. The topological polar surface area (TPSA) is 62.7 Å². The fraction of sp³-hybridized carbons (Fsp3) is 0.400. The van der Waals surface area contributed by atoms with Crippen LogP contribution in [0.25, 0.3) is 0 Å². The summed E-state index contributed by atoms with van der Waals surface area (Å²) < 4.78 is 0. The van der Waals surface area contributed by atoms with E-state index in [2.05, 4.69) is 32.5 Å². The molecule has 0 unspecified atom stereocenters. The lowest BCUT2D eigenvalue weighted by atomic mass is 10.2. The van der Waals surface area contributed by atoms with Gasteiger partial charge in [0.1, 0.15) is 17.5 Å². The highest BCUT2D eigenvalue weighted by atomic mass is 15.1. The van der Waals surface area contributed by atoms with Crippen LogP contribution in [-0.2, 0) is 6.42 Å². The number of hydrogen-bond donors (Lipinski definition) is 2. The monoisotopic (exact) mass is 271 g/mol. The Morgan fingerprint density at radius 2 is 1.65 bits per heavy atom. The van der Waals surface area contributed by atoms with Gasteiger partial charge in [-0.3, -0.25) is 4.98 Å². The largest absolute Gasteiger partial charge is 0.370 e. The third kappa shape index (κ3) is 3.66. The van der Waals surface area contributed by atoms with E-state index in [1.54, 1.807) is 0 Å². The number of anilines is 2. The van der Waals surface area contributed by atoms with Gasteiger partial charge in [-0.1, -0.05) is 0 Å². The third-order valence-electron chi connectivity index (χ3n) is 3.06. The molecule has 5 heteroatoms. The van der Waals surface area contributed by atoms with Crippen molar-refractivity contribution in [1.82, 2.24) is 15.0 Å². The van der Waals surface area contributed by atoms with Crippen molar-refractivity contribution in [2.45, 2.75) is 27.2 Å². The molecule has 0 saturated carbocycles. The van der Waals surface area contributed by atoms with Gasteiger partial charge in [-0.05, 0) is 44.9 Å². The van der Waals surface area contributed by atoms with E-state index in [4.69, 9.17) is 0 Å². The quantitative estimate of drug-likeness (QED) is 0.845. The van der Waals surface area contributed by atoms with Crippen molar-refractivity contribution in [2.24, 2.45) is 0 Å². The predicted molar refractivity (Wildman–Crippen MR) is 82.1 cm³/mol. The van der Waals surface area contributed by atoms with Crippen LogP contribution in [0.2, 0.25) is 0 Å².